The van der Waals surface area contributed by atoms with E-state index in [1.54, 1.807) is 0 Å². The van der Waals surface area contributed by atoms with Gasteiger partial charge in [0.05, 0.1) is 27.5 Å². The van der Waals surface area contributed by atoms with Crippen molar-refractivity contribution in [3.63, 3.8) is 0 Å². The fourth-order valence-electron chi connectivity index (χ4n) is 7.01. The van der Waals surface area contributed by atoms with Crippen molar-refractivity contribution >= 4 is 48.9 Å². The molecule has 4 aromatic carbocycles. The van der Waals surface area contributed by atoms with Gasteiger partial charge >= 0.3 is 0 Å². The largest absolute Gasteiger partial charge is 0.307 e. The van der Waals surface area contributed by atoms with Crippen LogP contribution in [0.15, 0.2) is 79.0 Å². The number of benzene rings is 4. The summed E-state index contributed by atoms with van der Waals surface area (Å²) in [6.07, 6.45) is 3.42. The van der Waals surface area contributed by atoms with E-state index in [4.69, 9.17) is 0 Å². The van der Waals surface area contributed by atoms with Crippen LogP contribution in [-0.2, 0) is 18.9 Å². The molecular weight excluding hydrogens is 484 g/mol. The van der Waals surface area contributed by atoms with Gasteiger partial charge in [0.25, 0.3) is 0 Å². The van der Waals surface area contributed by atoms with Crippen LogP contribution in [-0.4, -0.2) is 4.40 Å². The molecule has 0 saturated carbocycles. The molecule has 3 aromatic heterocycles. The highest BCUT2D eigenvalue weighted by Gasteiger charge is 2.26. The molecule has 0 aliphatic heterocycles. The Morgan fingerprint density at radius 2 is 1.35 bits per heavy atom. The summed E-state index contributed by atoms with van der Waals surface area (Å²) >= 11 is 0. The molecule has 0 aliphatic carbocycles. The van der Waals surface area contributed by atoms with Crippen molar-refractivity contribution in [3.8, 4) is 11.3 Å². The molecule has 0 unspecified atom stereocenters. The van der Waals surface area contributed by atoms with Crippen molar-refractivity contribution in [3.05, 3.63) is 95.7 Å². The standard InChI is InChI=1S/C38H39N2/c1-23-25-12-9-10-13-26(25)32(38(5,6)7)19-29(23)34-20-35-31(22-39(34)8)28-15-11-14-27-30-18-24(21-37(2,3)4)16-17-33(30)40(35)36(27)28/h9-20,22H,21H2,1-8H3/q+1. The molecule has 200 valence electrons. The lowest BCUT2D eigenvalue weighted by Crippen LogP contribution is -2.30. The fraction of sp³-hybridized carbons (Fsp3) is 0.289. The van der Waals surface area contributed by atoms with Crippen molar-refractivity contribution in [2.75, 3.05) is 0 Å². The predicted octanol–water partition coefficient (Wildman–Crippen LogP) is 9.68. The number of hydrogen-bond donors (Lipinski definition) is 0. The lowest BCUT2D eigenvalue weighted by Gasteiger charge is -2.23. The van der Waals surface area contributed by atoms with Gasteiger partial charge in [-0.2, -0.15) is 0 Å². The van der Waals surface area contributed by atoms with Crippen molar-refractivity contribution in [1.29, 1.82) is 0 Å². The van der Waals surface area contributed by atoms with Crippen LogP contribution in [0.4, 0.5) is 0 Å². The predicted molar refractivity (Wildman–Crippen MR) is 172 cm³/mol. The molecule has 0 aliphatic rings. The normalized spacial score (nSPS) is 13.1. The minimum Gasteiger partial charge on any atom is -0.307 e. The van der Waals surface area contributed by atoms with Crippen LogP contribution in [0.1, 0.15) is 58.2 Å². The molecule has 3 heterocycles. The van der Waals surface area contributed by atoms with E-state index in [0.717, 1.165) is 6.42 Å². The molecule has 0 bridgehead atoms. The van der Waals surface area contributed by atoms with Gasteiger partial charge in [0.2, 0.25) is 5.69 Å². The Hall–Kier alpha value is -3.91. The Balaban J connectivity index is 1.56. The summed E-state index contributed by atoms with van der Waals surface area (Å²) in [5.74, 6) is 0. The Morgan fingerprint density at radius 1 is 0.675 bits per heavy atom. The minimum atomic E-state index is 0.0428. The second-order valence-electron chi connectivity index (χ2n) is 14.1. The first-order valence-corrected chi connectivity index (χ1v) is 14.6. The monoisotopic (exact) mass is 523 g/mol. The van der Waals surface area contributed by atoms with Crippen LogP contribution in [0.3, 0.4) is 0 Å². The summed E-state index contributed by atoms with van der Waals surface area (Å²) in [4.78, 5) is 0. The van der Waals surface area contributed by atoms with Crippen molar-refractivity contribution in [2.24, 2.45) is 12.5 Å². The molecule has 0 radical (unpaired) electrons. The molecule has 2 heteroatoms. The van der Waals surface area contributed by atoms with Crippen molar-refractivity contribution in [1.82, 2.24) is 4.40 Å². The summed E-state index contributed by atoms with van der Waals surface area (Å²) in [5, 5.41) is 8.04. The highest BCUT2D eigenvalue weighted by molar-refractivity contribution is 6.23. The average molecular weight is 524 g/mol. The van der Waals surface area contributed by atoms with Gasteiger partial charge in [0.1, 0.15) is 7.05 Å². The Bertz CT molecular complexity index is 2110. The van der Waals surface area contributed by atoms with Gasteiger partial charge in [-0.05, 0) is 69.8 Å². The maximum Gasteiger partial charge on any atom is 0.214 e. The van der Waals surface area contributed by atoms with E-state index in [1.807, 2.05) is 0 Å². The van der Waals surface area contributed by atoms with Crippen molar-refractivity contribution in [2.45, 2.75) is 60.3 Å². The second-order valence-corrected chi connectivity index (χ2v) is 14.1. The molecule has 7 rings (SSSR count). The quantitative estimate of drug-likeness (QED) is 0.199. The van der Waals surface area contributed by atoms with E-state index in [9.17, 15) is 0 Å². The van der Waals surface area contributed by atoms with Gasteiger partial charge in [-0.3, -0.25) is 0 Å². The topological polar surface area (TPSA) is 8.29 Å². The number of aryl methyl sites for hydroxylation is 2. The lowest BCUT2D eigenvalue weighted by atomic mass is 9.80. The van der Waals surface area contributed by atoms with Gasteiger partial charge in [0.15, 0.2) is 6.20 Å². The first kappa shape index (κ1) is 25.1. The van der Waals surface area contributed by atoms with Gasteiger partial charge in [0, 0.05) is 22.2 Å². The summed E-state index contributed by atoms with van der Waals surface area (Å²) < 4.78 is 4.85. The van der Waals surface area contributed by atoms with Gasteiger partial charge < -0.3 is 4.40 Å². The molecule has 0 saturated heterocycles. The van der Waals surface area contributed by atoms with E-state index in [2.05, 4.69) is 143 Å². The maximum absolute atomic E-state index is 2.51. The molecule has 0 spiro atoms. The van der Waals surface area contributed by atoms with Crippen LogP contribution in [0.2, 0.25) is 0 Å². The molecule has 7 aromatic rings. The number of hydrogen-bond acceptors (Lipinski definition) is 0. The zero-order valence-corrected chi connectivity index (χ0v) is 25.1. The molecule has 0 amide bonds. The number of aromatic nitrogens is 2. The third-order valence-corrected chi connectivity index (χ3v) is 8.77. The third-order valence-electron chi connectivity index (χ3n) is 8.77. The number of para-hydroxylation sites is 1. The molecule has 2 nitrogen and oxygen atoms in total. The fourth-order valence-corrected chi connectivity index (χ4v) is 7.01. The second kappa shape index (κ2) is 8.30. The summed E-state index contributed by atoms with van der Waals surface area (Å²) in [6, 6.07) is 27.7. The van der Waals surface area contributed by atoms with Crippen LogP contribution in [0.5, 0.6) is 0 Å². The summed E-state index contributed by atoms with van der Waals surface area (Å²) in [6.45, 7) is 16.2. The van der Waals surface area contributed by atoms with Crippen LogP contribution < -0.4 is 4.57 Å². The number of pyridine rings is 1. The van der Waals surface area contributed by atoms with E-state index in [-0.39, 0.29) is 10.8 Å². The number of rotatable bonds is 2. The average Bonchev–Trinajstić information content (AvgIpc) is 3.38. The van der Waals surface area contributed by atoms with Gasteiger partial charge in [-0.15, -0.1) is 0 Å². The zero-order chi connectivity index (χ0) is 28.1. The Labute approximate surface area is 237 Å². The van der Waals surface area contributed by atoms with Crippen molar-refractivity contribution < 1.29 is 4.57 Å². The van der Waals surface area contributed by atoms with Crippen LogP contribution in [0, 0.1) is 12.3 Å². The Morgan fingerprint density at radius 3 is 2.05 bits per heavy atom. The highest BCUT2D eigenvalue weighted by Crippen LogP contribution is 2.42. The summed E-state index contributed by atoms with van der Waals surface area (Å²) in [7, 11) is 2.20. The smallest absolute Gasteiger partial charge is 0.214 e. The first-order chi connectivity index (χ1) is 18.9. The van der Waals surface area contributed by atoms with Crippen LogP contribution in [0.25, 0.3) is 60.1 Å². The van der Waals surface area contributed by atoms with Crippen LogP contribution >= 0.6 is 0 Å². The Kier molecular flexibility index (Phi) is 5.21. The minimum absolute atomic E-state index is 0.0428. The number of fused-ring (bicyclic) bond motifs is 7. The van der Waals surface area contributed by atoms with E-state index >= 15 is 0 Å². The van der Waals surface area contributed by atoms with E-state index in [1.165, 1.54) is 76.8 Å². The highest BCUT2D eigenvalue weighted by atomic mass is 15.0. The molecule has 0 N–H and O–H groups in total. The molecule has 0 fully saturated rings. The third kappa shape index (κ3) is 3.65. The van der Waals surface area contributed by atoms with E-state index < -0.39 is 0 Å². The maximum atomic E-state index is 2.51. The summed E-state index contributed by atoms with van der Waals surface area (Å²) in [5.41, 5.74) is 10.9. The van der Waals surface area contributed by atoms with E-state index in [0.29, 0.717) is 0 Å². The molecule has 40 heavy (non-hydrogen) atoms. The first-order valence-electron chi connectivity index (χ1n) is 14.6. The molecule has 0 atom stereocenters. The SMILES string of the molecule is Cc1c(-c2cc3c(c[n+]2C)c2cccc4c5cc(CC(C)(C)C)ccc5n3c42)cc(C(C)(C)C)c2ccccc12. The zero-order valence-electron chi connectivity index (χ0n) is 25.1. The van der Waals surface area contributed by atoms with Gasteiger partial charge in [-0.1, -0.05) is 90.1 Å². The van der Waals surface area contributed by atoms with Gasteiger partial charge in [-0.25, -0.2) is 4.57 Å². The number of nitrogens with zero attached hydrogens (tertiary/aromatic N) is 2. The lowest BCUT2D eigenvalue weighted by molar-refractivity contribution is -0.659. The molecular formula is C38H39N2+.